The van der Waals surface area contributed by atoms with Crippen molar-refractivity contribution >= 4 is 18.3 Å². The van der Waals surface area contributed by atoms with Gasteiger partial charge in [-0.3, -0.25) is 4.79 Å². The van der Waals surface area contributed by atoms with Gasteiger partial charge in [0.1, 0.15) is 6.10 Å². The second-order valence-corrected chi connectivity index (χ2v) is 5.46. The van der Waals surface area contributed by atoms with Crippen LogP contribution in [-0.2, 0) is 9.53 Å². The molecular weight excluding hydrogens is 268 g/mol. The average Bonchev–Trinajstić information content (AvgIpc) is 2.87. The van der Waals surface area contributed by atoms with Crippen molar-refractivity contribution in [3.05, 3.63) is 0 Å². The van der Waals surface area contributed by atoms with E-state index in [1.165, 1.54) is 12.8 Å². The van der Waals surface area contributed by atoms with Crippen LogP contribution in [0.3, 0.4) is 0 Å². The Hall–Kier alpha value is -0.360. The van der Waals surface area contributed by atoms with Crippen molar-refractivity contribution in [3.8, 4) is 0 Å². The van der Waals surface area contributed by atoms with Crippen LogP contribution in [0.4, 0.5) is 0 Å². The Morgan fingerprint density at radius 3 is 2.74 bits per heavy atom. The largest absolute Gasteiger partial charge is 0.396 e. The Bertz CT molecular complexity index is 277. The van der Waals surface area contributed by atoms with Crippen molar-refractivity contribution in [2.75, 3.05) is 32.8 Å². The lowest BCUT2D eigenvalue weighted by Crippen LogP contribution is -2.49. The Balaban J connectivity index is 0.00000180. The number of rotatable bonds is 5. The summed E-state index contributed by atoms with van der Waals surface area (Å²) in [7, 11) is 0. The number of carbonyl (C=O) groups excluding carboxylic acids is 1. The summed E-state index contributed by atoms with van der Waals surface area (Å²) < 4.78 is 5.42. The lowest BCUT2D eigenvalue weighted by Gasteiger charge is -2.30. The molecule has 0 aromatic carbocycles. The zero-order chi connectivity index (χ0) is 12.8. The topological polar surface area (TPSA) is 70.6 Å². The molecule has 2 fully saturated rings. The van der Waals surface area contributed by atoms with Crippen molar-refractivity contribution in [2.24, 2.45) is 5.41 Å². The maximum atomic E-state index is 12.0. The van der Waals surface area contributed by atoms with Gasteiger partial charge in [0, 0.05) is 26.2 Å². The summed E-state index contributed by atoms with van der Waals surface area (Å²) in [5.41, 5.74) is 0.118. The third-order valence-corrected chi connectivity index (χ3v) is 4.16. The van der Waals surface area contributed by atoms with Crippen LogP contribution >= 0.6 is 12.4 Å². The molecule has 0 bridgehead atoms. The number of morpholine rings is 1. The molecule has 5 nitrogen and oxygen atoms in total. The second-order valence-electron chi connectivity index (χ2n) is 5.46. The van der Waals surface area contributed by atoms with E-state index in [0.717, 1.165) is 25.8 Å². The quantitative estimate of drug-likeness (QED) is 0.688. The molecule has 1 saturated heterocycles. The van der Waals surface area contributed by atoms with Gasteiger partial charge in [0.05, 0.1) is 6.61 Å². The molecule has 1 atom stereocenters. The number of halogens is 1. The summed E-state index contributed by atoms with van der Waals surface area (Å²) in [6.07, 6.45) is 5.06. The molecule has 0 spiro atoms. The van der Waals surface area contributed by atoms with E-state index >= 15 is 0 Å². The zero-order valence-electron chi connectivity index (χ0n) is 11.3. The normalized spacial score (nSPS) is 25.6. The standard InChI is InChI=1S/C13H24N2O3.ClH/c16-7-5-13(3-1-2-4-13)10-15-12(17)11-9-14-6-8-18-11;/h11,14,16H,1-10H2,(H,15,17);1H. The van der Waals surface area contributed by atoms with Crippen LogP contribution in [0.1, 0.15) is 32.1 Å². The fourth-order valence-corrected chi connectivity index (χ4v) is 3.00. The van der Waals surface area contributed by atoms with Crippen LogP contribution in [0.15, 0.2) is 0 Å². The summed E-state index contributed by atoms with van der Waals surface area (Å²) in [6.45, 7) is 2.89. The molecule has 1 amide bonds. The van der Waals surface area contributed by atoms with Crippen molar-refractivity contribution in [3.63, 3.8) is 0 Å². The minimum Gasteiger partial charge on any atom is -0.396 e. The molecule has 1 heterocycles. The van der Waals surface area contributed by atoms with Gasteiger partial charge >= 0.3 is 0 Å². The van der Waals surface area contributed by atoms with Crippen molar-refractivity contribution in [2.45, 2.75) is 38.2 Å². The Morgan fingerprint density at radius 2 is 2.16 bits per heavy atom. The first-order valence-corrected chi connectivity index (χ1v) is 6.97. The average molecular weight is 293 g/mol. The number of aliphatic hydroxyl groups is 1. The molecular formula is C13H25ClN2O3. The summed E-state index contributed by atoms with van der Waals surface area (Å²) >= 11 is 0. The lowest BCUT2D eigenvalue weighted by atomic mass is 9.83. The molecule has 2 rings (SSSR count). The summed E-state index contributed by atoms with van der Waals surface area (Å²) in [5, 5.41) is 15.3. The highest BCUT2D eigenvalue weighted by molar-refractivity contribution is 5.85. The Kier molecular flexibility index (Phi) is 7.07. The Labute approximate surface area is 120 Å². The van der Waals surface area contributed by atoms with E-state index in [4.69, 9.17) is 9.84 Å². The van der Waals surface area contributed by atoms with Crippen molar-refractivity contribution in [1.29, 1.82) is 0 Å². The molecule has 1 aliphatic heterocycles. The monoisotopic (exact) mass is 292 g/mol. The first-order valence-electron chi connectivity index (χ1n) is 6.97. The second kappa shape index (κ2) is 8.04. The SMILES string of the molecule is Cl.O=C(NCC1(CCO)CCCC1)C1CNCCO1. The number of ether oxygens (including phenoxy) is 1. The number of aliphatic hydroxyl groups excluding tert-OH is 1. The van der Waals surface area contributed by atoms with Crippen LogP contribution < -0.4 is 10.6 Å². The molecule has 1 unspecified atom stereocenters. The van der Waals surface area contributed by atoms with Crippen LogP contribution in [0.2, 0.25) is 0 Å². The van der Waals surface area contributed by atoms with Crippen LogP contribution in [0.25, 0.3) is 0 Å². The maximum Gasteiger partial charge on any atom is 0.250 e. The molecule has 0 aromatic heterocycles. The van der Waals surface area contributed by atoms with Crippen LogP contribution in [0, 0.1) is 5.41 Å². The highest BCUT2D eigenvalue weighted by Crippen LogP contribution is 2.40. The molecule has 1 saturated carbocycles. The molecule has 0 radical (unpaired) electrons. The molecule has 6 heteroatoms. The van der Waals surface area contributed by atoms with Gasteiger partial charge in [0.25, 0.3) is 0 Å². The molecule has 1 aliphatic carbocycles. The summed E-state index contributed by atoms with van der Waals surface area (Å²) in [6, 6.07) is 0. The van der Waals surface area contributed by atoms with Gasteiger partial charge in [0.15, 0.2) is 0 Å². The first kappa shape index (κ1) is 16.7. The predicted molar refractivity (Wildman–Crippen MR) is 75.5 cm³/mol. The first-order chi connectivity index (χ1) is 8.76. The molecule has 3 N–H and O–H groups in total. The van der Waals surface area contributed by atoms with Gasteiger partial charge < -0.3 is 20.5 Å². The van der Waals surface area contributed by atoms with E-state index < -0.39 is 0 Å². The minimum atomic E-state index is -0.355. The lowest BCUT2D eigenvalue weighted by molar-refractivity contribution is -0.134. The number of amides is 1. The third-order valence-electron chi connectivity index (χ3n) is 4.16. The fraction of sp³-hybridized carbons (Fsp3) is 0.923. The molecule has 0 aromatic rings. The fourth-order valence-electron chi connectivity index (χ4n) is 3.00. The Morgan fingerprint density at radius 1 is 1.42 bits per heavy atom. The number of nitrogens with one attached hydrogen (secondary N) is 2. The van der Waals surface area contributed by atoms with Crippen molar-refractivity contribution in [1.82, 2.24) is 10.6 Å². The van der Waals surface area contributed by atoms with E-state index in [-0.39, 0.29) is 36.4 Å². The highest BCUT2D eigenvalue weighted by Gasteiger charge is 2.34. The number of hydrogen-bond donors (Lipinski definition) is 3. The van der Waals surface area contributed by atoms with E-state index in [1.54, 1.807) is 0 Å². The smallest absolute Gasteiger partial charge is 0.250 e. The molecule has 2 aliphatic rings. The van der Waals surface area contributed by atoms with Crippen molar-refractivity contribution < 1.29 is 14.6 Å². The molecule has 112 valence electrons. The number of hydrogen-bond acceptors (Lipinski definition) is 4. The number of carbonyl (C=O) groups is 1. The predicted octanol–water partition coefficient (Wildman–Crippen LogP) is 0.456. The van der Waals surface area contributed by atoms with Gasteiger partial charge in [0.2, 0.25) is 5.91 Å². The maximum absolute atomic E-state index is 12.0. The van der Waals surface area contributed by atoms with Gasteiger partial charge in [-0.25, -0.2) is 0 Å². The minimum absolute atomic E-state index is 0. The zero-order valence-corrected chi connectivity index (χ0v) is 12.1. The van der Waals surface area contributed by atoms with E-state index in [0.29, 0.717) is 19.7 Å². The van der Waals surface area contributed by atoms with Gasteiger partial charge in [-0.05, 0) is 24.7 Å². The van der Waals surface area contributed by atoms with E-state index in [1.807, 2.05) is 0 Å². The van der Waals surface area contributed by atoms with Gasteiger partial charge in [-0.15, -0.1) is 12.4 Å². The third kappa shape index (κ3) is 4.60. The van der Waals surface area contributed by atoms with Crippen LogP contribution in [-0.4, -0.2) is 50.0 Å². The highest BCUT2D eigenvalue weighted by atomic mass is 35.5. The summed E-state index contributed by atoms with van der Waals surface area (Å²) in [5.74, 6) is -0.0218. The van der Waals surface area contributed by atoms with E-state index in [2.05, 4.69) is 10.6 Å². The molecule has 19 heavy (non-hydrogen) atoms. The van der Waals surface area contributed by atoms with Crippen LogP contribution in [0.5, 0.6) is 0 Å². The van der Waals surface area contributed by atoms with Gasteiger partial charge in [-0.1, -0.05) is 12.8 Å². The van der Waals surface area contributed by atoms with Gasteiger partial charge in [-0.2, -0.15) is 0 Å². The van der Waals surface area contributed by atoms with E-state index in [9.17, 15) is 4.79 Å². The summed E-state index contributed by atoms with van der Waals surface area (Å²) in [4.78, 5) is 12.0.